The van der Waals surface area contributed by atoms with Crippen LogP contribution in [0.1, 0.15) is 48.6 Å². The van der Waals surface area contributed by atoms with E-state index in [0.717, 1.165) is 28.6 Å². The smallest absolute Gasteiger partial charge is 0.262 e. The Kier molecular flexibility index (Phi) is 2.98. The van der Waals surface area contributed by atoms with Crippen LogP contribution in [0, 0.1) is 13.8 Å². The third-order valence-corrected chi connectivity index (χ3v) is 5.20. The monoisotopic (exact) mass is 262 g/mol. The molecule has 0 bridgehead atoms. The van der Waals surface area contributed by atoms with Crippen LogP contribution in [0.4, 0.5) is 0 Å². The minimum atomic E-state index is 0.161. The van der Waals surface area contributed by atoms with E-state index in [9.17, 15) is 4.79 Å². The second-order valence-electron chi connectivity index (χ2n) is 5.21. The first-order chi connectivity index (χ1) is 8.68. The Hall–Kier alpha value is -1.16. The largest absolute Gasteiger partial charge is 0.296 e. The molecular formula is C14H18N2OS. The summed E-state index contributed by atoms with van der Waals surface area (Å²) in [4.78, 5) is 19.2. The van der Waals surface area contributed by atoms with Crippen LogP contribution in [-0.2, 0) is 0 Å². The summed E-state index contributed by atoms with van der Waals surface area (Å²) < 4.78 is 1.88. The molecule has 0 aliphatic heterocycles. The van der Waals surface area contributed by atoms with Gasteiger partial charge in [-0.05, 0) is 32.3 Å². The van der Waals surface area contributed by atoms with Gasteiger partial charge in [-0.1, -0.05) is 19.3 Å². The molecule has 96 valence electrons. The highest BCUT2D eigenvalue weighted by atomic mass is 32.1. The lowest BCUT2D eigenvalue weighted by Gasteiger charge is -2.23. The summed E-state index contributed by atoms with van der Waals surface area (Å²) in [5.74, 6) is 0. The van der Waals surface area contributed by atoms with Crippen LogP contribution < -0.4 is 5.56 Å². The predicted molar refractivity (Wildman–Crippen MR) is 75.5 cm³/mol. The second kappa shape index (κ2) is 4.50. The number of aryl methyl sites for hydroxylation is 2. The molecular weight excluding hydrogens is 244 g/mol. The fraction of sp³-hybridized carbons (Fsp3) is 0.571. The van der Waals surface area contributed by atoms with E-state index in [-0.39, 0.29) is 5.56 Å². The van der Waals surface area contributed by atoms with E-state index in [1.807, 2.05) is 11.5 Å². The number of hydrogen-bond donors (Lipinski definition) is 0. The maximum absolute atomic E-state index is 12.6. The molecule has 0 amide bonds. The molecule has 1 aliphatic rings. The average molecular weight is 262 g/mol. The molecule has 2 aromatic rings. The van der Waals surface area contributed by atoms with Gasteiger partial charge in [0.25, 0.3) is 5.56 Å². The zero-order valence-corrected chi connectivity index (χ0v) is 11.7. The van der Waals surface area contributed by atoms with Gasteiger partial charge in [-0.15, -0.1) is 11.3 Å². The maximum atomic E-state index is 12.6. The molecule has 1 fully saturated rings. The van der Waals surface area contributed by atoms with E-state index in [1.54, 1.807) is 17.7 Å². The van der Waals surface area contributed by atoms with Crippen LogP contribution in [0.3, 0.4) is 0 Å². The van der Waals surface area contributed by atoms with Crippen molar-refractivity contribution in [3.8, 4) is 0 Å². The van der Waals surface area contributed by atoms with E-state index >= 15 is 0 Å². The number of rotatable bonds is 1. The van der Waals surface area contributed by atoms with Crippen LogP contribution in [0.5, 0.6) is 0 Å². The Balaban J connectivity index is 2.16. The first-order valence-corrected chi connectivity index (χ1v) is 7.47. The zero-order chi connectivity index (χ0) is 12.7. The molecule has 2 aromatic heterocycles. The van der Waals surface area contributed by atoms with Gasteiger partial charge in [0, 0.05) is 10.9 Å². The van der Waals surface area contributed by atoms with Crippen molar-refractivity contribution in [2.45, 2.75) is 52.0 Å². The SMILES string of the molecule is Cc1sc2ncn(C3CCCCC3)c(=O)c2c1C. The molecule has 2 heterocycles. The molecule has 1 aliphatic carbocycles. The van der Waals surface area contributed by atoms with Gasteiger partial charge < -0.3 is 0 Å². The minimum absolute atomic E-state index is 0.161. The van der Waals surface area contributed by atoms with Crippen LogP contribution >= 0.6 is 11.3 Å². The van der Waals surface area contributed by atoms with Crippen molar-refractivity contribution in [3.63, 3.8) is 0 Å². The average Bonchev–Trinajstić information content (AvgIpc) is 2.67. The summed E-state index contributed by atoms with van der Waals surface area (Å²) in [6.07, 6.45) is 7.77. The molecule has 0 radical (unpaired) electrons. The van der Waals surface area contributed by atoms with Gasteiger partial charge in [-0.25, -0.2) is 4.98 Å². The predicted octanol–water partition coefficient (Wildman–Crippen LogP) is 3.58. The first-order valence-electron chi connectivity index (χ1n) is 6.65. The molecule has 0 spiro atoms. The summed E-state index contributed by atoms with van der Waals surface area (Å²) >= 11 is 1.62. The molecule has 0 N–H and O–H groups in total. The summed E-state index contributed by atoms with van der Waals surface area (Å²) in [5.41, 5.74) is 1.27. The van der Waals surface area contributed by atoms with Gasteiger partial charge in [0.05, 0.1) is 11.7 Å². The summed E-state index contributed by atoms with van der Waals surface area (Å²) in [6.45, 7) is 4.09. The van der Waals surface area contributed by atoms with Crippen molar-refractivity contribution in [2.24, 2.45) is 0 Å². The standard InChI is InChI=1S/C14H18N2OS/c1-9-10(2)18-13-12(9)14(17)16(8-15-13)11-6-4-3-5-7-11/h8,11H,3-7H2,1-2H3. The lowest BCUT2D eigenvalue weighted by atomic mass is 9.95. The normalized spacial score (nSPS) is 17.4. The fourth-order valence-corrected chi connectivity index (χ4v) is 3.85. The molecule has 0 saturated heterocycles. The molecule has 18 heavy (non-hydrogen) atoms. The lowest BCUT2D eigenvalue weighted by molar-refractivity contribution is 0.345. The van der Waals surface area contributed by atoms with Crippen molar-refractivity contribution < 1.29 is 0 Å². The van der Waals surface area contributed by atoms with E-state index in [0.29, 0.717) is 6.04 Å². The molecule has 1 saturated carbocycles. The van der Waals surface area contributed by atoms with Crippen molar-refractivity contribution in [1.29, 1.82) is 0 Å². The van der Waals surface area contributed by atoms with Crippen LogP contribution in [0.25, 0.3) is 10.2 Å². The summed E-state index contributed by atoms with van der Waals surface area (Å²) in [6, 6.07) is 0.364. The van der Waals surface area contributed by atoms with Gasteiger partial charge in [0.1, 0.15) is 4.83 Å². The number of aromatic nitrogens is 2. The highest BCUT2D eigenvalue weighted by Crippen LogP contribution is 2.29. The van der Waals surface area contributed by atoms with E-state index in [4.69, 9.17) is 0 Å². The van der Waals surface area contributed by atoms with Crippen molar-refractivity contribution in [3.05, 3.63) is 27.1 Å². The lowest BCUT2D eigenvalue weighted by Crippen LogP contribution is -2.26. The Morgan fingerprint density at radius 2 is 2.00 bits per heavy atom. The third kappa shape index (κ3) is 1.79. The minimum Gasteiger partial charge on any atom is -0.296 e. The maximum Gasteiger partial charge on any atom is 0.262 e. The number of fused-ring (bicyclic) bond motifs is 1. The number of thiophene rings is 1. The zero-order valence-electron chi connectivity index (χ0n) is 10.9. The summed E-state index contributed by atoms with van der Waals surface area (Å²) in [7, 11) is 0. The molecule has 0 atom stereocenters. The third-order valence-electron chi connectivity index (χ3n) is 4.08. The van der Waals surface area contributed by atoms with E-state index in [2.05, 4.69) is 11.9 Å². The number of hydrogen-bond acceptors (Lipinski definition) is 3. The Bertz CT molecular complexity index is 635. The molecule has 3 nitrogen and oxygen atoms in total. The van der Waals surface area contributed by atoms with Gasteiger partial charge in [-0.3, -0.25) is 9.36 Å². The van der Waals surface area contributed by atoms with E-state index in [1.165, 1.54) is 24.1 Å². The fourth-order valence-electron chi connectivity index (χ4n) is 2.87. The second-order valence-corrected chi connectivity index (χ2v) is 6.42. The highest BCUT2D eigenvalue weighted by Gasteiger charge is 2.19. The summed E-state index contributed by atoms with van der Waals surface area (Å²) in [5, 5.41) is 0.838. The van der Waals surface area contributed by atoms with Gasteiger partial charge in [-0.2, -0.15) is 0 Å². The first kappa shape index (κ1) is 11.9. The van der Waals surface area contributed by atoms with Crippen molar-refractivity contribution in [1.82, 2.24) is 9.55 Å². The quantitative estimate of drug-likeness (QED) is 0.787. The van der Waals surface area contributed by atoms with Gasteiger partial charge in [0.15, 0.2) is 0 Å². The molecule has 0 unspecified atom stereocenters. The van der Waals surface area contributed by atoms with E-state index < -0.39 is 0 Å². The Morgan fingerprint density at radius 3 is 2.72 bits per heavy atom. The van der Waals surface area contributed by atoms with Gasteiger partial charge >= 0.3 is 0 Å². The molecule has 3 rings (SSSR count). The van der Waals surface area contributed by atoms with Crippen molar-refractivity contribution in [2.75, 3.05) is 0 Å². The molecule has 4 heteroatoms. The molecule has 0 aromatic carbocycles. The van der Waals surface area contributed by atoms with Crippen LogP contribution in [-0.4, -0.2) is 9.55 Å². The van der Waals surface area contributed by atoms with Gasteiger partial charge in [0.2, 0.25) is 0 Å². The van der Waals surface area contributed by atoms with Crippen LogP contribution in [0.15, 0.2) is 11.1 Å². The topological polar surface area (TPSA) is 34.9 Å². The van der Waals surface area contributed by atoms with Crippen LogP contribution in [0.2, 0.25) is 0 Å². The van der Waals surface area contributed by atoms with Crippen molar-refractivity contribution >= 4 is 21.6 Å². The number of nitrogens with zero attached hydrogens (tertiary/aromatic N) is 2. The Morgan fingerprint density at radius 1 is 1.28 bits per heavy atom. The highest BCUT2D eigenvalue weighted by molar-refractivity contribution is 7.18. The Labute approximate surface area is 110 Å².